The van der Waals surface area contributed by atoms with Crippen LogP contribution in [0.4, 0.5) is 5.13 Å². The Balaban J connectivity index is 1.56. The number of hydrogen-bond donors (Lipinski definition) is 0. The predicted octanol–water partition coefficient (Wildman–Crippen LogP) is 3.18. The van der Waals surface area contributed by atoms with Gasteiger partial charge in [-0.05, 0) is 44.2 Å². The summed E-state index contributed by atoms with van der Waals surface area (Å²) < 4.78 is 1.51. The third-order valence-electron chi connectivity index (χ3n) is 5.63. The number of rotatable bonds is 5. The number of ketones is 1. The van der Waals surface area contributed by atoms with Crippen molar-refractivity contribution in [3.63, 3.8) is 0 Å². The fourth-order valence-corrected chi connectivity index (χ4v) is 4.87. The minimum atomic E-state index is -0.158. The fourth-order valence-electron chi connectivity index (χ4n) is 3.81. The highest BCUT2D eigenvalue weighted by atomic mass is 32.1. The van der Waals surface area contributed by atoms with Crippen molar-refractivity contribution in [1.29, 1.82) is 0 Å². The maximum atomic E-state index is 13.0. The van der Waals surface area contributed by atoms with Gasteiger partial charge in [-0.3, -0.25) is 14.2 Å². The van der Waals surface area contributed by atoms with E-state index in [0.717, 1.165) is 30.9 Å². The third kappa shape index (κ3) is 3.35. The molecule has 2 aromatic heterocycles. The molecule has 3 aromatic rings. The van der Waals surface area contributed by atoms with Crippen LogP contribution in [0.1, 0.15) is 36.2 Å². The average Bonchev–Trinajstić information content (AvgIpc) is 3.32. The van der Waals surface area contributed by atoms with Crippen molar-refractivity contribution < 1.29 is 4.79 Å². The summed E-state index contributed by atoms with van der Waals surface area (Å²) in [6, 6.07) is 8.05. The van der Waals surface area contributed by atoms with Gasteiger partial charge >= 0.3 is 0 Å². The van der Waals surface area contributed by atoms with Crippen LogP contribution in [0.25, 0.3) is 10.3 Å². The van der Waals surface area contributed by atoms with Gasteiger partial charge in [0, 0.05) is 20.0 Å². The number of aromatic nitrogens is 3. The highest BCUT2D eigenvalue weighted by Crippen LogP contribution is 2.32. The molecule has 7 heteroatoms. The molecule has 1 aromatic carbocycles. The van der Waals surface area contributed by atoms with Crippen LogP contribution in [0.3, 0.4) is 0 Å². The van der Waals surface area contributed by atoms with Gasteiger partial charge in [0.05, 0.1) is 6.04 Å². The molecular formula is C21H24N4O2S. The van der Waals surface area contributed by atoms with Crippen molar-refractivity contribution in [3.8, 4) is 0 Å². The van der Waals surface area contributed by atoms with Crippen molar-refractivity contribution >= 4 is 32.6 Å². The number of benzene rings is 1. The number of anilines is 1. The van der Waals surface area contributed by atoms with Crippen molar-refractivity contribution in [2.75, 3.05) is 11.4 Å². The summed E-state index contributed by atoms with van der Waals surface area (Å²) in [6.45, 7) is 4.69. The highest BCUT2D eigenvalue weighted by Gasteiger charge is 2.32. The SMILES string of the molecule is Cc1ccccc1CCC(=O)[C@H]1CCCN1c1nc2c(=O)n(C)c(C)nc2s1. The van der Waals surface area contributed by atoms with Gasteiger partial charge in [-0.2, -0.15) is 0 Å². The van der Waals surface area contributed by atoms with Gasteiger partial charge in [0.1, 0.15) is 5.82 Å². The number of hydrogen-bond acceptors (Lipinski definition) is 6. The Hall–Kier alpha value is -2.54. The molecule has 1 atom stereocenters. The first kappa shape index (κ1) is 18.8. The molecule has 0 saturated carbocycles. The topological polar surface area (TPSA) is 68.1 Å². The molecule has 4 rings (SSSR count). The summed E-state index contributed by atoms with van der Waals surface area (Å²) in [5, 5.41) is 0.733. The lowest BCUT2D eigenvalue weighted by Gasteiger charge is -2.22. The lowest BCUT2D eigenvalue weighted by atomic mass is 9.99. The number of aryl methyl sites for hydroxylation is 3. The van der Waals surface area contributed by atoms with Gasteiger partial charge in [-0.1, -0.05) is 35.6 Å². The molecule has 0 N–H and O–H groups in total. The van der Waals surface area contributed by atoms with E-state index in [1.807, 2.05) is 19.1 Å². The lowest BCUT2D eigenvalue weighted by Crippen LogP contribution is -2.36. The quantitative estimate of drug-likeness (QED) is 0.663. The van der Waals surface area contributed by atoms with Crippen molar-refractivity contribution in [2.45, 2.75) is 45.6 Å². The first-order chi connectivity index (χ1) is 13.5. The smallest absolute Gasteiger partial charge is 0.280 e. The molecular weight excluding hydrogens is 372 g/mol. The van der Waals surface area contributed by atoms with Gasteiger partial charge in [-0.25, -0.2) is 9.97 Å². The summed E-state index contributed by atoms with van der Waals surface area (Å²) in [6.07, 6.45) is 3.08. The van der Waals surface area contributed by atoms with Crippen molar-refractivity contribution in [2.24, 2.45) is 7.05 Å². The van der Waals surface area contributed by atoms with Crippen LogP contribution in [0.15, 0.2) is 29.1 Å². The number of carbonyl (C=O) groups is 1. The highest BCUT2D eigenvalue weighted by molar-refractivity contribution is 7.21. The van der Waals surface area contributed by atoms with E-state index in [1.54, 1.807) is 7.05 Å². The van der Waals surface area contributed by atoms with E-state index in [-0.39, 0.29) is 17.4 Å². The second-order valence-electron chi connectivity index (χ2n) is 7.42. The Morgan fingerprint density at radius 3 is 2.82 bits per heavy atom. The van der Waals surface area contributed by atoms with E-state index in [9.17, 15) is 9.59 Å². The molecule has 146 valence electrons. The third-order valence-corrected chi connectivity index (χ3v) is 6.61. The molecule has 0 spiro atoms. The zero-order valence-corrected chi connectivity index (χ0v) is 17.3. The minimum absolute atomic E-state index is 0.133. The van der Waals surface area contributed by atoms with Crippen molar-refractivity contribution in [3.05, 3.63) is 51.6 Å². The summed E-state index contributed by atoms with van der Waals surface area (Å²) in [5.41, 5.74) is 2.71. The normalized spacial score (nSPS) is 16.8. The first-order valence-corrected chi connectivity index (χ1v) is 10.5. The maximum Gasteiger partial charge on any atom is 0.280 e. The molecule has 0 amide bonds. The number of carbonyl (C=O) groups excluding carboxylic acids is 1. The molecule has 28 heavy (non-hydrogen) atoms. The number of nitrogens with zero attached hydrogens (tertiary/aromatic N) is 4. The Morgan fingerprint density at radius 1 is 1.25 bits per heavy atom. The molecule has 0 radical (unpaired) electrons. The van der Waals surface area contributed by atoms with Gasteiger partial charge < -0.3 is 4.90 Å². The van der Waals surface area contributed by atoms with Crippen LogP contribution in [0.5, 0.6) is 0 Å². The number of Topliss-reactive ketones (excluding diaryl/α,β-unsaturated/α-hetero) is 1. The molecule has 3 heterocycles. The van der Waals surface area contributed by atoms with Crippen LogP contribution < -0.4 is 10.5 Å². The zero-order chi connectivity index (χ0) is 19.8. The zero-order valence-electron chi connectivity index (χ0n) is 16.4. The Bertz CT molecular complexity index is 1100. The lowest BCUT2D eigenvalue weighted by molar-refractivity contribution is -0.120. The van der Waals surface area contributed by atoms with E-state index in [0.29, 0.717) is 22.6 Å². The van der Waals surface area contributed by atoms with Crippen LogP contribution in [0, 0.1) is 13.8 Å². The molecule has 0 bridgehead atoms. The maximum absolute atomic E-state index is 13.0. The average molecular weight is 397 g/mol. The van der Waals surface area contributed by atoms with E-state index in [4.69, 9.17) is 0 Å². The second kappa shape index (κ2) is 7.47. The second-order valence-corrected chi connectivity index (χ2v) is 8.37. The van der Waals surface area contributed by atoms with Crippen LogP contribution in [0.2, 0.25) is 0 Å². The van der Waals surface area contributed by atoms with E-state index in [2.05, 4.69) is 33.9 Å². The van der Waals surface area contributed by atoms with E-state index in [1.165, 1.54) is 27.0 Å². The summed E-state index contributed by atoms with van der Waals surface area (Å²) in [4.78, 5) is 37.2. The molecule has 1 aliphatic heterocycles. The standard InChI is InChI=1S/C21H24N4O2S/c1-13-7-4-5-8-15(13)10-11-17(26)16-9-6-12-25(16)21-23-18-19(28-21)22-14(2)24(3)20(18)27/h4-5,7-8,16H,6,9-12H2,1-3H3/t16-/m1/s1. The van der Waals surface area contributed by atoms with Gasteiger partial charge in [0.15, 0.2) is 21.3 Å². The predicted molar refractivity (Wildman–Crippen MR) is 112 cm³/mol. The van der Waals surface area contributed by atoms with Gasteiger partial charge in [0.25, 0.3) is 5.56 Å². The molecule has 1 aliphatic rings. The van der Waals surface area contributed by atoms with Crippen molar-refractivity contribution in [1.82, 2.24) is 14.5 Å². The Kier molecular flexibility index (Phi) is 5.02. The first-order valence-electron chi connectivity index (χ1n) is 9.63. The largest absolute Gasteiger partial charge is 0.338 e. The molecule has 1 saturated heterocycles. The van der Waals surface area contributed by atoms with Crippen LogP contribution >= 0.6 is 11.3 Å². The van der Waals surface area contributed by atoms with Gasteiger partial charge in [0.2, 0.25) is 0 Å². The Labute approximate surface area is 167 Å². The fraction of sp³-hybridized carbons (Fsp3) is 0.429. The summed E-state index contributed by atoms with van der Waals surface area (Å²) in [7, 11) is 1.71. The minimum Gasteiger partial charge on any atom is -0.338 e. The number of thiazole rings is 1. The summed E-state index contributed by atoms with van der Waals surface area (Å²) >= 11 is 1.41. The monoisotopic (exact) mass is 396 g/mol. The molecule has 0 unspecified atom stereocenters. The molecule has 0 aliphatic carbocycles. The molecule has 1 fully saturated rings. The van der Waals surface area contributed by atoms with Crippen LogP contribution in [-0.2, 0) is 18.3 Å². The number of fused-ring (bicyclic) bond motifs is 1. The van der Waals surface area contributed by atoms with Gasteiger partial charge in [-0.15, -0.1) is 0 Å². The van der Waals surface area contributed by atoms with E-state index < -0.39 is 0 Å². The summed E-state index contributed by atoms with van der Waals surface area (Å²) in [5.74, 6) is 0.914. The Morgan fingerprint density at radius 2 is 2.04 bits per heavy atom. The molecule has 6 nitrogen and oxygen atoms in total. The van der Waals surface area contributed by atoms with E-state index >= 15 is 0 Å². The van der Waals surface area contributed by atoms with Crippen LogP contribution in [-0.4, -0.2) is 32.9 Å².